The van der Waals surface area contributed by atoms with Crippen LogP contribution in [0.1, 0.15) is 150 Å². The highest BCUT2D eigenvalue weighted by Crippen LogP contribution is 2.45. The molecule has 15 rings (SSSR count). The quantitative estimate of drug-likeness (QED) is 0.0371. The summed E-state index contributed by atoms with van der Waals surface area (Å²) in [5.41, 5.74) is 33.5. The summed E-state index contributed by atoms with van der Waals surface area (Å²) in [6, 6.07) is 18.7. The Balaban J connectivity index is 0.000000159. The monoisotopic (exact) mass is 1950 g/mol. The largest absolute Gasteiger partial charge is 0.495 e. The second kappa shape index (κ2) is 43.6. The van der Waals surface area contributed by atoms with Crippen LogP contribution in [0.25, 0.3) is 44.5 Å². The van der Waals surface area contributed by atoms with Gasteiger partial charge in [-0.1, -0.05) is 98.0 Å². The zero-order valence-electron chi connectivity index (χ0n) is 72.8. The standard InChI is InChI=1S/C26H30Cl2FN5O3.C24H26Cl2FN5O4.C22H20Cl2FN5O2.C18H18Cl2N4O2/c1-15(22-19(27)5-6-20(29)23(22)28)36-21-11-16(12-31-24(21)30)17-13-32-34(14-17)18-7-9-33(10-8-18)25(35)37-26(2,3)4;1-14(21-18(25)2-3-19(27)22(21)26)36-20-10-15(11-29-23(20)28)16-12-30-32(13-16)17-4-6-31(7-5-17)24(34)35-9-8-33;1-11-16(12(2)32-29-11)10-30-9-15(8-28-30)14-6-19(22(26)27-7-14)31-13(3)20-17(23)4-5-18(25)21(20)24;1-10(16-13(19)4-5-14(25-3)17(16)20)26-15-6-11(7-22-18(15)21)12-8-23-24(2)9-12/h5-6,11-15,18H,7-10H2,1-4H3,(H2,30,31);2-3,10-14,17,33H,4-9H2,1H3,(H2,28,29);4-9,13H,10H2,1-3H3,(H2,26,27);4-10H,1-3H3,(H2,21,22). The van der Waals surface area contributed by atoms with E-state index < -0.39 is 53.6 Å². The van der Waals surface area contributed by atoms with Crippen LogP contribution in [0.3, 0.4) is 0 Å². The predicted molar refractivity (Wildman–Crippen MR) is 498 cm³/mol. The zero-order chi connectivity index (χ0) is 94.6. The Kier molecular flexibility index (Phi) is 32.7. The lowest BCUT2D eigenvalue weighted by atomic mass is 10.1. The van der Waals surface area contributed by atoms with Crippen LogP contribution in [0.2, 0.25) is 40.2 Å². The van der Waals surface area contributed by atoms with Gasteiger partial charge >= 0.3 is 12.2 Å². The van der Waals surface area contributed by atoms with E-state index in [9.17, 15) is 22.8 Å². The van der Waals surface area contributed by atoms with Gasteiger partial charge in [0.2, 0.25) is 0 Å². The number of ether oxygens (including phenoxy) is 7. The van der Waals surface area contributed by atoms with Gasteiger partial charge in [-0.3, -0.25) is 18.7 Å². The summed E-state index contributed by atoms with van der Waals surface area (Å²) < 4.78 is 94.0. The number of amides is 2. The van der Waals surface area contributed by atoms with E-state index in [1.54, 1.807) is 127 Å². The van der Waals surface area contributed by atoms with Gasteiger partial charge in [0.15, 0.2) is 46.3 Å². The minimum Gasteiger partial charge on any atom is -0.495 e. The van der Waals surface area contributed by atoms with Gasteiger partial charge in [-0.2, -0.15) is 20.4 Å². The molecule has 2 saturated heterocycles. The number of aliphatic hydroxyl groups is 1. The highest BCUT2D eigenvalue weighted by atomic mass is 35.5. The van der Waals surface area contributed by atoms with Crippen molar-refractivity contribution >= 4 is 128 Å². The SMILES string of the molecule is CC(Oc1cc(-c2cnn(C3CCN(C(=O)OC(C)(C)C)CC3)c2)cnc1N)c1c(Cl)ccc(F)c1Cl.CC(Oc1cc(-c2cnn(C3CCN(C(=O)OCCO)CC3)c2)cnc1N)c1c(Cl)ccc(F)c1Cl.COc1ccc(Cl)c(C(C)Oc2cc(-c3cnn(C)c3)cnc2N)c1Cl.Cc1noc(C)c1Cn1cc(-c2cnc(N)c(OC(C)c3c(Cl)ccc(F)c3Cl)c2)cn1. The number of nitrogen functional groups attached to an aromatic ring is 4. The number of carbonyl (C=O) groups is 2. The highest BCUT2D eigenvalue weighted by molar-refractivity contribution is 6.38. The van der Waals surface area contributed by atoms with Crippen LogP contribution >= 0.6 is 92.8 Å². The number of hydrogen-bond acceptors (Lipinski definition) is 24. The fourth-order valence-electron chi connectivity index (χ4n) is 14.3. The van der Waals surface area contributed by atoms with Crippen molar-refractivity contribution in [3.8, 4) is 73.3 Å². The number of aliphatic hydroxyl groups excluding tert-OH is 1. The number of piperidine rings is 2. The first kappa shape index (κ1) is 98.4. The van der Waals surface area contributed by atoms with Gasteiger partial charge in [0.05, 0.1) is 82.9 Å². The van der Waals surface area contributed by atoms with Crippen LogP contribution in [0, 0.1) is 31.3 Å². The van der Waals surface area contributed by atoms with Crippen molar-refractivity contribution in [1.82, 2.24) is 74.0 Å². The Bertz CT molecular complexity index is 6200. The van der Waals surface area contributed by atoms with Crippen LogP contribution in [0.15, 0.2) is 152 Å². The normalized spacial score (nSPS) is 13.9. The van der Waals surface area contributed by atoms with E-state index in [2.05, 4.69) is 45.5 Å². The number of hydrogen-bond donors (Lipinski definition) is 5. The first-order chi connectivity index (χ1) is 62.3. The summed E-state index contributed by atoms with van der Waals surface area (Å²) in [4.78, 5) is 44.6. The highest BCUT2D eigenvalue weighted by Gasteiger charge is 2.32. The van der Waals surface area contributed by atoms with E-state index in [-0.39, 0.29) is 74.8 Å². The summed E-state index contributed by atoms with van der Waals surface area (Å²) in [5.74, 6) is 1.73. The van der Waals surface area contributed by atoms with Crippen LogP contribution < -0.4 is 46.6 Å². The fourth-order valence-corrected chi connectivity index (χ4v) is 17.1. The van der Waals surface area contributed by atoms with Crippen LogP contribution in [0.4, 0.5) is 46.0 Å². The van der Waals surface area contributed by atoms with E-state index in [0.717, 1.165) is 87.2 Å². The lowest BCUT2D eigenvalue weighted by Crippen LogP contribution is -2.42. The topological polar surface area (TPSA) is 378 Å². The average Bonchev–Trinajstić information content (AvgIpc) is 1.79. The molecular formula is C90H94Cl8F3N19O11. The smallest absolute Gasteiger partial charge is 0.410 e. The number of likely N-dealkylation sites (tertiary alicyclic amines) is 2. The molecule has 4 unspecified atom stereocenters. The first-order valence-electron chi connectivity index (χ1n) is 41.0. The molecule has 692 valence electrons. The van der Waals surface area contributed by atoms with Gasteiger partial charge in [0, 0.05) is 175 Å². The van der Waals surface area contributed by atoms with Crippen LogP contribution in [-0.2, 0) is 23.1 Å². The van der Waals surface area contributed by atoms with E-state index in [0.29, 0.717) is 104 Å². The summed E-state index contributed by atoms with van der Waals surface area (Å²) in [6.07, 6.45) is 20.9. The number of methoxy groups -OCH3 is 1. The third kappa shape index (κ3) is 24.4. The van der Waals surface area contributed by atoms with Crippen molar-refractivity contribution in [2.24, 2.45) is 7.05 Å². The average molecular weight is 1960 g/mol. The van der Waals surface area contributed by atoms with Crippen LogP contribution in [-0.4, -0.2) is 143 Å². The van der Waals surface area contributed by atoms with Crippen LogP contribution in [0.5, 0.6) is 28.7 Å². The van der Waals surface area contributed by atoms with Gasteiger partial charge in [0.25, 0.3) is 0 Å². The molecule has 41 heteroatoms. The minimum atomic E-state index is -0.683. The van der Waals surface area contributed by atoms with Gasteiger partial charge in [-0.25, -0.2) is 42.7 Å². The van der Waals surface area contributed by atoms with Crippen molar-refractivity contribution in [2.45, 2.75) is 137 Å². The molecule has 131 heavy (non-hydrogen) atoms. The number of rotatable bonds is 23. The van der Waals surface area contributed by atoms with Gasteiger partial charge in [-0.05, 0) is 161 Å². The van der Waals surface area contributed by atoms with Gasteiger partial charge in [-0.15, -0.1) is 0 Å². The molecule has 0 spiro atoms. The molecule has 2 amide bonds. The van der Waals surface area contributed by atoms with E-state index in [1.165, 1.54) is 36.4 Å². The summed E-state index contributed by atoms with van der Waals surface area (Å²) in [6.45, 7) is 18.9. The summed E-state index contributed by atoms with van der Waals surface area (Å²) in [7, 11) is 3.39. The molecule has 30 nitrogen and oxygen atoms in total. The molecule has 0 saturated carbocycles. The predicted octanol–water partition coefficient (Wildman–Crippen LogP) is 21.9. The number of benzene rings is 4. The second-order valence-corrected chi connectivity index (χ2v) is 34.7. The molecule has 0 radical (unpaired) electrons. The molecule has 9 aromatic heterocycles. The number of anilines is 4. The first-order valence-corrected chi connectivity index (χ1v) is 44.0. The number of nitrogens with zero attached hydrogens (tertiary/aromatic N) is 15. The Morgan fingerprint density at radius 3 is 1.18 bits per heavy atom. The minimum absolute atomic E-state index is 0.0102. The van der Waals surface area contributed by atoms with Crippen molar-refractivity contribution in [3.63, 3.8) is 0 Å². The molecule has 2 fully saturated rings. The van der Waals surface area contributed by atoms with Gasteiger partial charge in [0.1, 0.15) is 65.6 Å². The second-order valence-electron chi connectivity index (χ2n) is 31.5. The van der Waals surface area contributed by atoms with Gasteiger partial charge < -0.3 is 75.5 Å². The molecule has 4 aromatic carbocycles. The molecule has 0 bridgehead atoms. The number of carbonyl (C=O) groups excluding carboxylic acids is 2. The van der Waals surface area contributed by atoms with E-state index >= 15 is 0 Å². The Labute approximate surface area is 792 Å². The number of aryl methyl sites for hydroxylation is 3. The molecular weight excluding hydrogens is 1860 g/mol. The summed E-state index contributed by atoms with van der Waals surface area (Å²) >= 11 is 49.7. The third-order valence-electron chi connectivity index (χ3n) is 21.2. The Morgan fingerprint density at radius 1 is 0.481 bits per heavy atom. The third-order valence-corrected chi connectivity index (χ3v) is 24.1. The van der Waals surface area contributed by atoms with Crippen molar-refractivity contribution in [1.29, 1.82) is 0 Å². The molecule has 13 aromatic rings. The van der Waals surface area contributed by atoms with Crippen molar-refractivity contribution < 1.29 is 65.5 Å². The lowest BCUT2D eigenvalue weighted by Gasteiger charge is -2.33. The molecule has 11 heterocycles. The number of nitrogens with two attached hydrogens (primary N) is 4. The number of aromatic nitrogens is 13. The molecule has 0 aliphatic carbocycles. The Morgan fingerprint density at radius 2 is 0.832 bits per heavy atom. The maximum absolute atomic E-state index is 14.0. The molecule has 4 atom stereocenters. The number of pyridine rings is 4. The fraction of sp³-hybridized carbons (Fsp3) is 0.322. The maximum Gasteiger partial charge on any atom is 0.410 e. The van der Waals surface area contributed by atoms with E-state index in [1.807, 2.05) is 88.8 Å². The van der Waals surface area contributed by atoms with Crippen molar-refractivity contribution in [2.75, 3.05) is 69.4 Å². The number of halogens is 11. The molecule has 9 N–H and O–H groups in total. The van der Waals surface area contributed by atoms with Crippen molar-refractivity contribution in [3.05, 3.63) is 244 Å². The Hall–Kier alpha value is -11.7. The van der Waals surface area contributed by atoms with E-state index in [4.69, 9.17) is 159 Å². The molecule has 2 aliphatic rings. The molecule has 2 aliphatic heterocycles. The maximum atomic E-state index is 14.0. The summed E-state index contributed by atoms with van der Waals surface area (Å²) in [5, 5.41) is 31.9. The zero-order valence-corrected chi connectivity index (χ0v) is 78.9. The lowest BCUT2D eigenvalue weighted by molar-refractivity contribution is 0.0184.